The number of ether oxygens (including phenoxy) is 1. The topological polar surface area (TPSA) is 100.0 Å². The number of methoxy groups -OCH3 is 1. The van der Waals surface area contributed by atoms with Crippen LogP contribution in [0.15, 0.2) is 85.1 Å². The predicted molar refractivity (Wildman–Crippen MR) is 162 cm³/mol. The summed E-state index contributed by atoms with van der Waals surface area (Å²) in [5, 5.41) is 13.5. The minimum absolute atomic E-state index is 0.164. The summed E-state index contributed by atoms with van der Waals surface area (Å²) in [6.45, 7) is 4.66. The summed E-state index contributed by atoms with van der Waals surface area (Å²) in [6, 6.07) is 27.0. The van der Waals surface area contributed by atoms with E-state index in [1.165, 1.54) is 11.1 Å². The first-order chi connectivity index (χ1) is 19.8. The zero-order valence-corrected chi connectivity index (χ0v) is 24.0. The molecule has 8 nitrogen and oxygen atoms in total. The summed E-state index contributed by atoms with van der Waals surface area (Å²) >= 11 is 0. The third-order valence-electron chi connectivity index (χ3n) is 7.35. The Kier molecular flexibility index (Phi) is 8.50. The Balaban J connectivity index is 1.45. The lowest BCUT2D eigenvalue weighted by molar-refractivity contribution is -0.125. The van der Waals surface area contributed by atoms with Gasteiger partial charge < -0.3 is 15.8 Å². The molecule has 3 aromatic carbocycles. The Morgan fingerprint density at radius 3 is 2.32 bits per heavy atom. The van der Waals surface area contributed by atoms with Gasteiger partial charge in [0.25, 0.3) is 0 Å². The molecule has 2 aromatic heterocycles. The highest BCUT2D eigenvalue weighted by Crippen LogP contribution is 2.26. The number of carbonyl (C=O) groups excluding carboxylic acids is 1. The number of benzene rings is 3. The highest BCUT2D eigenvalue weighted by Gasteiger charge is 2.22. The molecule has 1 amide bonds. The van der Waals surface area contributed by atoms with Gasteiger partial charge in [-0.25, -0.2) is 0 Å². The van der Waals surface area contributed by atoms with Crippen molar-refractivity contribution in [1.82, 2.24) is 24.6 Å². The van der Waals surface area contributed by atoms with Crippen LogP contribution in [-0.4, -0.2) is 44.4 Å². The number of nitrogens with one attached hydrogen (secondary N) is 1. The molecular weight excluding hydrogens is 512 g/mol. The van der Waals surface area contributed by atoms with Gasteiger partial charge in [0.15, 0.2) is 0 Å². The van der Waals surface area contributed by atoms with Crippen molar-refractivity contribution >= 4 is 16.8 Å². The highest BCUT2D eigenvalue weighted by molar-refractivity contribution is 5.86. The van der Waals surface area contributed by atoms with E-state index in [9.17, 15) is 4.79 Å². The first-order valence-corrected chi connectivity index (χ1v) is 14.1. The molecule has 41 heavy (non-hydrogen) atoms. The smallest absolute Gasteiger partial charge is 0.239 e. The van der Waals surface area contributed by atoms with Gasteiger partial charge in [0.2, 0.25) is 11.9 Å². The Morgan fingerprint density at radius 2 is 1.59 bits per heavy atom. The van der Waals surface area contributed by atoms with E-state index in [0.29, 0.717) is 13.0 Å². The van der Waals surface area contributed by atoms with Gasteiger partial charge in [-0.1, -0.05) is 60.7 Å². The molecule has 0 saturated carbocycles. The molecule has 0 aliphatic carbocycles. The fourth-order valence-corrected chi connectivity index (χ4v) is 5.01. The summed E-state index contributed by atoms with van der Waals surface area (Å²) in [7, 11) is 1.68. The number of nitrogens with two attached hydrogens (primary N) is 1. The molecule has 0 saturated heterocycles. The third-order valence-corrected chi connectivity index (χ3v) is 7.35. The number of aryl methyl sites for hydroxylation is 3. The number of hydrogen-bond donors (Lipinski definition) is 2. The summed E-state index contributed by atoms with van der Waals surface area (Å²) in [5.41, 5.74) is 9.72. The van der Waals surface area contributed by atoms with Crippen LogP contribution in [0.25, 0.3) is 16.9 Å². The van der Waals surface area contributed by atoms with Crippen LogP contribution in [-0.2, 0) is 37.0 Å². The standard InChI is InChI=1S/C33H38N6O2/c1-33(2,34)31(40)35-21-19-26-23-39(29-12-8-7-11-28(26)29)32-37-36-30(18-15-24-9-5-4-6-10-24)38(32)22-20-25-13-16-27(41-3)17-14-25/h4-14,16-17,23H,15,18-22,34H2,1-3H3,(H,35,40). The van der Waals surface area contributed by atoms with Crippen molar-refractivity contribution in [1.29, 1.82) is 0 Å². The molecule has 2 heterocycles. The third kappa shape index (κ3) is 6.66. The van der Waals surface area contributed by atoms with Crippen LogP contribution in [0.1, 0.15) is 36.4 Å². The van der Waals surface area contributed by atoms with Gasteiger partial charge >= 0.3 is 0 Å². The fraction of sp³-hybridized carbons (Fsp3) is 0.303. The lowest BCUT2D eigenvalue weighted by atomic mass is 10.1. The van der Waals surface area contributed by atoms with Crippen LogP contribution in [0, 0.1) is 0 Å². The Bertz CT molecular complexity index is 1600. The van der Waals surface area contributed by atoms with Crippen LogP contribution < -0.4 is 15.8 Å². The van der Waals surface area contributed by atoms with Gasteiger partial charge in [0, 0.05) is 31.1 Å². The summed E-state index contributed by atoms with van der Waals surface area (Å²) in [5.74, 6) is 2.42. The fourth-order valence-electron chi connectivity index (χ4n) is 5.01. The van der Waals surface area contributed by atoms with Gasteiger partial charge in [-0.2, -0.15) is 0 Å². The molecule has 0 radical (unpaired) electrons. The zero-order chi connectivity index (χ0) is 28.8. The molecule has 0 unspecified atom stereocenters. The normalized spacial score (nSPS) is 11.6. The van der Waals surface area contributed by atoms with E-state index >= 15 is 0 Å². The lowest BCUT2D eigenvalue weighted by Crippen LogP contribution is -2.49. The van der Waals surface area contributed by atoms with Crippen molar-refractivity contribution in [3.8, 4) is 11.7 Å². The molecule has 5 rings (SSSR count). The molecule has 0 atom stereocenters. The van der Waals surface area contributed by atoms with E-state index in [1.807, 2.05) is 30.3 Å². The molecule has 212 valence electrons. The van der Waals surface area contributed by atoms with Gasteiger partial charge in [0.1, 0.15) is 11.6 Å². The maximum atomic E-state index is 12.3. The zero-order valence-electron chi connectivity index (χ0n) is 24.0. The SMILES string of the molecule is COc1ccc(CCn2c(CCc3ccccc3)nnc2-n2cc(CCNC(=O)C(C)(C)N)c3ccccc32)cc1. The first-order valence-electron chi connectivity index (χ1n) is 14.1. The maximum Gasteiger partial charge on any atom is 0.239 e. The molecule has 5 aromatic rings. The number of rotatable bonds is 12. The number of aromatic nitrogens is 4. The second-order valence-corrected chi connectivity index (χ2v) is 10.9. The quantitative estimate of drug-likeness (QED) is 0.236. The van der Waals surface area contributed by atoms with E-state index in [2.05, 4.69) is 74.3 Å². The number of amides is 1. The largest absolute Gasteiger partial charge is 0.497 e. The Hall–Kier alpha value is -4.43. The van der Waals surface area contributed by atoms with E-state index in [0.717, 1.165) is 59.8 Å². The van der Waals surface area contributed by atoms with E-state index in [4.69, 9.17) is 15.6 Å². The number of fused-ring (bicyclic) bond motifs is 1. The van der Waals surface area contributed by atoms with Crippen molar-refractivity contribution in [3.05, 3.63) is 108 Å². The molecule has 0 fully saturated rings. The monoisotopic (exact) mass is 550 g/mol. The number of carbonyl (C=O) groups is 1. The van der Waals surface area contributed by atoms with Crippen LogP contribution >= 0.6 is 0 Å². The summed E-state index contributed by atoms with van der Waals surface area (Å²) < 4.78 is 9.70. The van der Waals surface area contributed by atoms with Crippen molar-refractivity contribution in [2.24, 2.45) is 5.73 Å². The summed E-state index contributed by atoms with van der Waals surface area (Å²) in [6.07, 6.45) is 5.30. The molecular formula is C33H38N6O2. The van der Waals surface area contributed by atoms with Crippen molar-refractivity contribution < 1.29 is 9.53 Å². The molecule has 0 aliphatic rings. The van der Waals surface area contributed by atoms with Crippen molar-refractivity contribution in [3.63, 3.8) is 0 Å². The van der Waals surface area contributed by atoms with Crippen molar-refractivity contribution in [2.45, 2.75) is 51.6 Å². The van der Waals surface area contributed by atoms with E-state index < -0.39 is 5.54 Å². The van der Waals surface area contributed by atoms with E-state index in [-0.39, 0.29) is 5.91 Å². The molecule has 0 spiro atoms. The lowest BCUT2D eigenvalue weighted by Gasteiger charge is -2.17. The van der Waals surface area contributed by atoms with Crippen LogP contribution in [0.4, 0.5) is 0 Å². The molecule has 0 bridgehead atoms. The summed E-state index contributed by atoms with van der Waals surface area (Å²) in [4.78, 5) is 12.3. The van der Waals surface area contributed by atoms with E-state index in [1.54, 1.807) is 21.0 Å². The van der Waals surface area contributed by atoms with Crippen molar-refractivity contribution in [2.75, 3.05) is 13.7 Å². The second kappa shape index (κ2) is 12.4. The predicted octanol–water partition coefficient (Wildman–Crippen LogP) is 4.65. The van der Waals surface area contributed by atoms with Gasteiger partial charge in [-0.05, 0) is 68.0 Å². The number of para-hydroxylation sites is 1. The Labute approximate surface area is 241 Å². The van der Waals surface area contributed by atoms with Gasteiger partial charge in [0.05, 0.1) is 18.2 Å². The molecule has 3 N–H and O–H groups in total. The minimum atomic E-state index is -0.912. The maximum absolute atomic E-state index is 12.3. The van der Waals surface area contributed by atoms with Crippen LogP contribution in [0.3, 0.4) is 0 Å². The Morgan fingerprint density at radius 1 is 0.878 bits per heavy atom. The molecule has 0 aliphatic heterocycles. The average Bonchev–Trinajstić information content (AvgIpc) is 3.56. The second-order valence-electron chi connectivity index (χ2n) is 10.9. The van der Waals surface area contributed by atoms with Crippen LogP contribution in [0.2, 0.25) is 0 Å². The minimum Gasteiger partial charge on any atom is -0.497 e. The van der Waals surface area contributed by atoms with Crippen LogP contribution in [0.5, 0.6) is 5.75 Å². The number of hydrogen-bond acceptors (Lipinski definition) is 5. The van der Waals surface area contributed by atoms with Gasteiger partial charge in [-0.15, -0.1) is 10.2 Å². The molecule has 8 heteroatoms. The first kappa shape index (κ1) is 28.1. The number of nitrogens with zero attached hydrogens (tertiary/aromatic N) is 4. The van der Waals surface area contributed by atoms with Gasteiger partial charge in [-0.3, -0.25) is 13.9 Å². The average molecular weight is 551 g/mol. The highest BCUT2D eigenvalue weighted by atomic mass is 16.5.